The average molecular weight is 393 g/mol. The Morgan fingerprint density at radius 1 is 1.38 bits per heavy atom. The summed E-state index contributed by atoms with van der Waals surface area (Å²) in [6.45, 7) is 0. The lowest BCUT2D eigenvalue weighted by Gasteiger charge is -2.27. The highest BCUT2D eigenvalue weighted by molar-refractivity contribution is 9.10. The maximum absolute atomic E-state index is 11.7. The van der Waals surface area contributed by atoms with E-state index in [9.17, 15) is 13.2 Å². The van der Waals surface area contributed by atoms with Crippen LogP contribution in [0.1, 0.15) is 36.0 Å². The Balaban J connectivity index is 2.11. The highest BCUT2D eigenvalue weighted by Crippen LogP contribution is 2.36. The number of aromatic carboxylic acids is 1. The number of thioether (sulfide) groups is 1. The minimum absolute atomic E-state index is 0.223. The maximum Gasteiger partial charge on any atom is 0.336 e. The van der Waals surface area contributed by atoms with Gasteiger partial charge in [0.15, 0.2) is 0 Å². The molecule has 21 heavy (non-hydrogen) atoms. The maximum atomic E-state index is 11.7. The van der Waals surface area contributed by atoms with Crippen LogP contribution in [0.3, 0.4) is 0 Å². The summed E-state index contributed by atoms with van der Waals surface area (Å²) in [6.07, 6.45) is 4.54. The molecule has 1 aliphatic carbocycles. The smallest absolute Gasteiger partial charge is 0.336 e. The molecule has 1 saturated carbocycles. The Kier molecular flexibility index (Phi) is 5.38. The number of hydrogen-bond acceptors (Lipinski definition) is 4. The van der Waals surface area contributed by atoms with Crippen LogP contribution in [-0.2, 0) is 9.84 Å². The van der Waals surface area contributed by atoms with Crippen molar-refractivity contribution in [3.05, 3.63) is 28.2 Å². The van der Waals surface area contributed by atoms with Gasteiger partial charge in [0.1, 0.15) is 9.84 Å². The monoisotopic (exact) mass is 392 g/mol. The molecule has 0 aromatic heterocycles. The summed E-state index contributed by atoms with van der Waals surface area (Å²) in [5.74, 6) is -0.970. The minimum Gasteiger partial charge on any atom is -0.478 e. The van der Waals surface area contributed by atoms with Crippen molar-refractivity contribution in [2.45, 2.75) is 41.1 Å². The molecule has 0 heterocycles. The van der Waals surface area contributed by atoms with Gasteiger partial charge in [0.05, 0.1) is 10.8 Å². The van der Waals surface area contributed by atoms with Crippen LogP contribution in [0.25, 0.3) is 0 Å². The molecule has 2 atom stereocenters. The predicted octanol–water partition coefficient (Wildman–Crippen LogP) is 3.60. The zero-order chi connectivity index (χ0) is 15.6. The third-order valence-electron chi connectivity index (χ3n) is 3.65. The molecule has 7 heteroatoms. The summed E-state index contributed by atoms with van der Waals surface area (Å²) >= 11 is 4.80. The van der Waals surface area contributed by atoms with Crippen LogP contribution in [0.5, 0.6) is 0 Å². The fraction of sp³-hybridized carbons (Fsp3) is 0.500. The molecule has 1 N–H and O–H groups in total. The number of carbonyl (C=O) groups is 1. The Hall–Kier alpha value is -0.530. The van der Waals surface area contributed by atoms with Crippen LogP contribution < -0.4 is 0 Å². The Morgan fingerprint density at radius 2 is 2.10 bits per heavy atom. The molecule has 0 aliphatic heterocycles. The van der Waals surface area contributed by atoms with Gasteiger partial charge in [0, 0.05) is 20.9 Å². The lowest BCUT2D eigenvalue weighted by Crippen LogP contribution is -2.28. The van der Waals surface area contributed by atoms with Gasteiger partial charge in [-0.05, 0) is 53.4 Å². The first-order chi connectivity index (χ1) is 9.77. The highest BCUT2D eigenvalue weighted by atomic mass is 79.9. The molecule has 1 aromatic carbocycles. The van der Waals surface area contributed by atoms with Gasteiger partial charge in [-0.3, -0.25) is 0 Å². The van der Waals surface area contributed by atoms with Crippen molar-refractivity contribution in [1.29, 1.82) is 0 Å². The van der Waals surface area contributed by atoms with E-state index >= 15 is 0 Å². The summed E-state index contributed by atoms with van der Waals surface area (Å²) in [7, 11) is -2.99. The van der Waals surface area contributed by atoms with Crippen LogP contribution in [0, 0.1) is 0 Å². The second kappa shape index (κ2) is 6.71. The molecule has 4 nitrogen and oxygen atoms in total. The van der Waals surface area contributed by atoms with Crippen molar-refractivity contribution in [1.82, 2.24) is 0 Å². The van der Waals surface area contributed by atoms with E-state index in [0.717, 1.165) is 24.2 Å². The molecule has 0 bridgehead atoms. The van der Waals surface area contributed by atoms with Crippen LogP contribution in [0.2, 0.25) is 0 Å². The van der Waals surface area contributed by atoms with E-state index in [1.165, 1.54) is 6.26 Å². The van der Waals surface area contributed by atoms with E-state index in [1.54, 1.807) is 23.9 Å². The molecule has 2 rings (SSSR count). The fourth-order valence-corrected chi connectivity index (χ4v) is 5.58. The molecule has 0 amide bonds. The first kappa shape index (κ1) is 16.8. The molecular formula is C14H17BrO4S2. The van der Waals surface area contributed by atoms with Crippen LogP contribution in [-0.4, -0.2) is 36.2 Å². The third-order valence-corrected chi connectivity index (χ3v) is 7.27. The summed E-state index contributed by atoms with van der Waals surface area (Å²) < 4.78 is 23.9. The number of rotatable bonds is 4. The second-order valence-electron chi connectivity index (χ2n) is 5.30. The summed E-state index contributed by atoms with van der Waals surface area (Å²) in [6, 6.07) is 5.23. The van der Waals surface area contributed by atoms with E-state index in [-0.39, 0.29) is 16.1 Å². The number of benzene rings is 1. The van der Waals surface area contributed by atoms with Gasteiger partial charge in [0.2, 0.25) is 0 Å². The zero-order valence-electron chi connectivity index (χ0n) is 11.6. The fourth-order valence-electron chi connectivity index (χ4n) is 2.53. The molecule has 0 saturated heterocycles. The standard InChI is InChI=1S/C14H17BrO4S2/c1-21(18,19)11-4-2-3-9(7-11)20-10-5-6-13(15)12(8-10)14(16)17/h5-6,8-9,11H,2-4,7H2,1H3,(H,16,17). The normalized spacial score (nSPS) is 23.0. The Bertz CT molecular complexity index is 642. The third kappa shape index (κ3) is 4.47. The summed E-state index contributed by atoms with van der Waals surface area (Å²) in [5.41, 5.74) is 0.232. The lowest BCUT2D eigenvalue weighted by molar-refractivity contribution is 0.0695. The number of sulfone groups is 1. The molecule has 2 unspecified atom stereocenters. The topological polar surface area (TPSA) is 71.4 Å². The van der Waals surface area contributed by atoms with Gasteiger partial charge < -0.3 is 5.11 Å². The van der Waals surface area contributed by atoms with Crippen molar-refractivity contribution >= 4 is 43.5 Å². The number of carboxylic acids is 1. The molecule has 0 spiro atoms. The second-order valence-corrected chi connectivity index (χ2v) is 9.86. The van der Waals surface area contributed by atoms with E-state index in [1.807, 2.05) is 6.07 Å². The van der Waals surface area contributed by atoms with Crippen molar-refractivity contribution < 1.29 is 18.3 Å². The zero-order valence-corrected chi connectivity index (χ0v) is 14.8. The largest absolute Gasteiger partial charge is 0.478 e. The van der Waals surface area contributed by atoms with Gasteiger partial charge in [-0.2, -0.15) is 0 Å². The van der Waals surface area contributed by atoms with Gasteiger partial charge >= 0.3 is 5.97 Å². The highest BCUT2D eigenvalue weighted by Gasteiger charge is 2.29. The molecule has 1 fully saturated rings. The van der Waals surface area contributed by atoms with Crippen molar-refractivity contribution in [2.24, 2.45) is 0 Å². The molecule has 1 aliphatic rings. The summed E-state index contributed by atoms with van der Waals surface area (Å²) in [4.78, 5) is 12.0. The first-order valence-corrected chi connectivity index (χ1v) is 10.3. The van der Waals surface area contributed by atoms with Crippen LogP contribution >= 0.6 is 27.7 Å². The Labute approximate surface area is 137 Å². The number of hydrogen-bond donors (Lipinski definition) is 1. The van der Waals surface area contributed by atoms with Crippen LogP contribution in [0.15, 0.2) is 27.6 Å². The van der Waals surface area contributed by atoms with Gasteiger partial charge in [-0.15, -0.1) is 11.8 Å². The van der Waals surface area contributed by atoms with E-state index < -0.39 is 15.8 Å². The molecule has 1 aromatic rings. The van der Waals surface area contributed by atoms with Gasteiger partial charge in [-0.1, -0.05) is 6.42 Å². The van der Waals surface area contributed by atoms with Crippen molar-refractivity contribution in [3.63, 3.8) is 0 Å². The summed E-state index contributed by atoms with van der Waals surface area (Å²) in [5, 5.41) is 9.08. The van der Waals surface area contributed by atoms with Gasteiger partial charge in [0.25, 0.3) is 0 Å². The van der Waals surface area contributed by atoms with Crippen molar-refractivity contribution in [2.75, 3.05) is 6.26 Å². The van der Waals surface area contributed by atoms with Crippen LogP contribution in [0.4, 0.5) is 0 Å². The Morgan fingerprint density at radius 3 is 2.71 bits per heavy atom. The lowest BCUT2D eigenvalue weighted by atomic mass is 10.00. The molecule has 116 valence electrons. The SMILES string of the molecule is CS(=O)(=O)C1CCCC(Sc2ccc(Br)c(C(=O)O)c2)C1. The quantitative estimate of drug-likeness (QED) is 0.847. The van der Waals surface area contributed by atoms with E-state index in [2.05, 4.69) is 15.9 Å². The molecular weight excluding hydrogens is 376 g/mol. The first-order valence-electron chi connectivity index (χ1n) is 6.65. The predicted molar refractivity (Wildman–Crippen MR) is 87.8 cm³/mol. The minimum atomic E-state index is -2.99. The van der Waals surface area contributed by atoms with E-state index in [0.29, 0.717) is 10.9 Å². The number of halogens is 1. The van der Waals surface area contributed by atoms with E-state index in [4.69, 9.17) is 5.11 Å². The average Bonchev–Trinajstić information content (AvgIpc) is 2.40. The number of carboxylic acid groups (broad SMARTS) is 1. The van der Waals surface area contributed by atoms with Gasteiger partial charge in [-0.25, -0.2) is 13.2 Å². The van der Waals surface area contributed by atoms with Crippen molar-refractivity contribution in [3.8, 4) is 0 Å². The molecule has 0 radical (unpaired) electrons.